The van der Waals surface area contributed by atoms with E-state index in [1.165, 1.54) is 6.92 Å². The van der Waals surface area contributed by atoms with Gasteiger partial charge in [-0.3, -0.25) is 0 Å². The smallest absolute Gasteiger partial charge is 0.332 e. The number of halogens is 1. The summed E-state index contributed by atoms with van der Waals surface area (Å²) in [6.07, 6.45) is -0.769. The molecule has 0 aliphatic rings. The summed E-state index contributed by atoms with van der Waals surface area (Å²) < 4.78 is 5.46. The van der Waals surface area contributed by atoms with Crippen LogP contribution < -0.4 is 0 Å². The SMILES string of the molecule is C=C(Br)CO[C@@H](C)C(=O)O. The number of hydrogen-bond donors (Lipinski definition) is 1. The summed E-state index contributed by atoms with van der Waals surface area (Å²) >= 11 is 3.04. The van der Waals surface area contributed by atoms with E-state index in [0.29, 0.717) is 4.48 Å². The van der Waals surface area contributed by atoms with Crippen LogP contribution in [0.2, 0.25) is 0 Å². The van der Waals surface area contributed by atoms with Crippen LogP contribution in [0.1, 0.15) is 6.92 Å². The molecule has 3 nitrogen and oxygen atoms in total. The summed E-state index contributed by atoms with van der Waals surface area (Å²) in [6.45, 7) is 5.19. The van der Waals surface area contributed by atoms with Crippen molar-refractivity contribution in [3.05, 3.63) is 11.1 Å². The lowest BCUT2D eigenvalue weighted by atomic mass is 10.4. The minimum atomic E-state index is -0.964. The first kappa shape index (κ1) is 9.65. The zero-order valence-corrected chi connectivity index (χ0v) is 7.22. The van der Waals surface area contributed by atoms with E-state index in [-0.39, 0.29) is 6.61 Å². The molecule has 0 radical (unpaired) electrons. The Labute approximate surface area is 67.8 Å². The molecule has 0 amide bonds. The number of ether oxygens (including phenoxy) is 1. The van der Waals surface area contributed by atoms with Gasteiger partial charge in [0.05, 0.1) is 6.61 Å². The minimum Gasteiger partial charge on any atom is -0.479 e. The van der Waals surface area contributed by atoms with Crippen molar-refractivity contribution in [3.8, 4) is 0 Å². The molecule has 0 saturated carbocycles. The van der Waals surface area contributed by atoms with Crippen LogP contribution in [0.3, 0.4) is 0 Å². The van der Waals surface area contributed by atoms with Crippen LogP contribution in [-0.2, 0) is 9.53 Å². The highest BCUT2D eigenvalue weighted by molar-refractivity contribution is 9.11. The molecule has 0 aromatic rings. The Morgan fingerprint density at radius 2 is 2.40 bits per heavy atom. The highest BCUT2D eigenvalue weighted by atomic mass is 79.9. The summed E-state index contributed by atoms with van der Waals surface area (Å²) in [6, 6.07) is 0. The highest BCUT2D eigenvalue weighted by Gasteiger charge is 2.09. The van der Waals surface area contributed by atoms with Gasteiger partial charge in [0, 0.05) is 4.48 Å². The van der Waals surface area contributed by atoms with Crippen molar-refractivity contribution in [2.75, 3.05) is 6.61 Å². The minimum absolute atomic E-state index is 0.230. The number of rotatable bonds is 4. The maximum absolute atomic E-state index is 10.1. The summed E-state index contributed by atoms with van der Waals surface area (Å²) in [4.78, 5) is 10.1. The fourth-order valence-electron chi connectivity index (χ4n) is 0.287. The average molecular weight is 209 g/mol. The second-order valence-corrected chi connectivity index (χ2v) is 2.93. The maximum atomic E-state index is 10.1. The summed E-state index contributed by atoms with van der Waals surface area (Å²) in [7, 11) is 0. The van der Waals surface area contributed by atoms with Crippen LogP contribution in [0.4, 0.5) is 0 Å². The molecule has 0 rings (SSSR count). The lowest BCUT2D eigenvalue weighted by Crippen LogP contribution is -2.20. The van der Waals surface area contributed by atoms with E-state index in [1.807, 2.05) is 0 Å². The molecular weight excluding hydrogens is 200 g/mol. The number of aliphatic carboxylic acids is 1. The Hall–Kier alpha value is -0.350. The Morgan fingerprint density at radius 1 is 1.90 bits per heavy atom. The molecule has 4 heteroatoms. The van der Waals surface area contributed by atoms with Gasteiger partial charge >= 0.3 is 5.97 Å². The molecule has 0 aromatic heterocycles. The van der Waals surface area contributed by atoms with Crippen molar-refractivity contribution in [1.82, 2.24) is 0 Å². The van der Waals surface area contributed by atoms with Gasteiger partial charge in [-0.05, 0) is 6.92 Å². The quantitative estimate of drug-likeness (QED) is 0.760. The fourth-order valence-corrected chi connectivity index (χ4v) is 0.419. The number of carbonyl (C=O) groups is 1. The topological polar surface area (TPSA) is 46.5 Å². The predicted octanol–water partition coefficient (Wildman–Crippen LogP) is 1.38. The number of carboxylic acids is 1. The van der Waals surface area contributed by atoms with E-state index < -0.39 is 12.1 Å². The van der Waals surface area contributed by atoms with Gasteiger partial charge in [-0.2, -0.15) is 0 Å². The summed E-state index contributed by atoms with van der Waals surface area (Å²) in [5, 5.41) is 8.32. The van der Waals surface area contributed by atoms with Crippen LogP contribution >= 0.6 is 15.9 Å². The van der Waals surface area contributed by atoms with Gasteiger partial charge in [-0.25, -0.2) is 4.79 Å². The van der Waals surface area contributed by atoms with Gasteiger partial charge in [-0.1, -0.05) is 22.5 Å². The molecule has 0 aliphatic heterocycles. The van der Waals surface area contributed by atoms with Crippen molar-refractivity contribution in [2.45, 2.75) is 13.0 Å². The molecule has 0 aliphatic carbocycles. The Morgan fingerprint density at radius 3 is 2.70 bits per heavy atom. The zero-order chi connectivity index (χ0) is 8.15. The van der Waals surface area contributed by atoms with E-state index in [4.69, 9.17) is 9.84 Å². The molecule has 0 spiro atoms. The monoisotopic (exact) mass is 208 g/mol. The number of hydrogen-bond acceptors (Lipinski definition) is 2. The largest absolute Gasteiger partial charge is 0.479 e. The van der Waals surface area contributed by atoms with Gasteiger partial charge in [-0.15, -0.1) is 0 Å². The summed E-state index contributed by atoms with van der Waals surface area (Å²) in [5.74, 6) is -0.964. The van der Waals surface area contributed by atoms with Gasteiger partial charge in [0.2, 0.25) is 0 Å². The number of carboxylic acid groups (broad SMARTS) is 1. The van der Waals surface area contributed by atoms with E-state index in [0.717, 1.165) is 0 Å². The van der Waals surface area contributed by atoms with Crippen LogP contribution in [0.15, 0.2) is 11.1 Å². The van der Waals surface area contributed by atoms with Crippen LogP contribution in [0.25, 0.3) is 0 Å². The zero-order valence-electron chi connectivity index (χ0n) is 5.63. The van der Waals surface area contributed by atoms with Crippen molar-refractivity contribution >= 4 is 21.9 Å². The summed E-state index contributed by atoms with van der Waals surface area (Å²) in [5.41, 5.74) is 0. The van der Waals surface area contributed by atoms with Crippen molar-refractivity contribution < 1.29 is 14.6 Å². The molecule has 10 heavy (non-hydrogen) atoms. The van der Waals surface area contributed by atoms with E-state index in [9.17, 15) is 4.79 Å². The first-order chi connectivity index (χ1) is 4.54. The van der Waals surface area contributed by atoms with Gasteiger partial charge in [0.25, 0.3) is 0 Å². The predicted molar refractivity (Wildman–Crippen MR) is 41.1 cm³/mol. The fraction of sp³-hybridized carbons (Fsp3) is 0.500. The van der Waals surface area contributed by atoms with E-state index in [2.05, 4.69) is 22.5 Å². The van der Waals surface area contributed by atoms with E-state index in [1.54, 1.807) is 0 Å². The molecule has 0 aromatic carbocycles. The first-order valence-electron chi connectivity index (χ1n) is 2.71. The van der Waals surface area contributed by atoms with E-state index >= 15 is 0 Å². The molecule has 0 heterocycles. The Kier molecular flexibility index (Phi) is 4.31. The van der Waals surface area contributed by atoms with Crippen LogP contribution in [0, 0.1) is 0 Å². The molecule has 1 N–H and O–H groups in total. The molecule has 0 saturated heterocycles. The third kappa shape index (κ3) is 4.52. The Bertz CT molecular complexity index is 144. The molecule has 0 unspecified atom stereocenters. The van der Waals surface area contributed by atoms with Gasteiger partial charge < -0.3 is 9.84 Å². The normalized spacial score (nSPS) is 12.6. The van der Waals surface area contributed by atoms with Gasteiger partial charge in [0.15, 0.2) is 6.10 Å². The third-order valence-corrected chi connectivity index (χ3v) is 1.07. The van der Waals surface area contributed by atoms with Crippen molar-refractivity contribution in [3.63, 3.8) is 0 Å². The van der Waals surface area contributed by atoms with Crippen molar-refractivity contribution in [1.29, 1.82) is 0 Å². The third-order valence-electron chi connectivity index (χ3n) is 0.838. The van der Waals surface area contributed by atoms with Crippen molar-refractivity contribution in [2.24, 2.45) is 0 Å². The van der Waals surface area contributed by atoms with Crippen LogP contribution in [0.5, 0.6) is 0 Å². The second-order valence-electron chi connectivity index (χ2n) is 1.81. The Balaban J connectivity index is 3.49. The molecule has 1 atom stereocenters. The maximum Gasteiger partial charge on any atom is 0.332 e. The van der Waals surface area contributed by atoms with Gasteiger partial charge in [0.1, 0.15) is 0 Å². The standard InChI is InChI=1S/C6H9BrO3/c1-4(7)3-10-5(2)6(8)9/h5H,1,3H2,2H3,(H,8,9)/t5-/m0/s1. The highest BCUT2D eigenvalue weighted by Crippen LogP contribution is 2.02. The van der Waals surface area contributed by atoms with Crippen LogP contribution in [-0.4, -0.2) is 23.8 Å². The average Bonchev–Trinajstić information content (AvgIpc) is 1.82. The molecule has 0 bridgehead atoms. The second kappa shape index (κ2) is 4.46. The lowest BCUT2D eigenvalue weighted by Gasteiger charge is -2.05. The first-order valence-corrected chi connectivity index (χ1v) is 3.51. The molecule has 58 valence electrons. The molecular formula is C6H9BrO3. The molecule has 0 fully saturated rings. The lowest BCUT2D eigenvalue weighted by molar-refractivity contribution is -0.148.